The van der Waals surface area contributed by atoms with Gasteiger partial charge in [0.05, 0.1) is 0 Å². The fourth-order valence-electron chi connectivity index (χ4n) is 3.69. The summed E-state index contributed by atoms with van der Waals surface area (Å²) in [5, 5.41) is 0. The normalized spacial score (nSPS) is 24.7. The molecule has 0 bridgehead atoms. The second-order valence-electron chi connectivity index (χ2n) is 7.05. The maximum atomic E-state index is 6.07. The number of nitrogens with two attached hydrogens (primary N) is 1. The van der Waals surface area contributed by atoms with Crippen LogP contribution in [0.4, 0.5) is 0 Å². The Kier molecular flexibility index (Phi) is 4.63. The summed E-state index contributed by atoms with van der Waals surface area (Å²) >= 11 is 0. The van der Waals surface area contributed by atoms with Crippen LogP contribution in [0.2, 0.25) is 0 Å². The second kappa shape index (κ2) is 6.47. The van der Waals surface area contributed by atoms with E-state index < -0.39 is 0 Å². The molecule has 2 aliphatic rings. The van der Waals surface area contributed by atoms with Gasteiger partial charge in [0.2, 0.25) is 0 Å². The predicted octanol–water partition coefficient (Wildman–Crippen LogP) is 2.45. The first-order valence-electron chi connectivity index (χ1n) is 8.36. The summed E-state index contributed by atoms with van der Waals surface area (Å²) in [7, 11) is 4.45. The Morgan fingerprint density at radius 3 is 2.48 bits per heavy atom. The van der Waals surface area contributed by atoms with Gasteiger partial charge in [-0.3, -0.25) is 4.90 Å². The Hall–Kier alpha value is -0.900. The van der Waals surface area contributed by atoms with Gasteiger partial charge in [-0.1, -0.05) is 24.3 Å². The summed E-state index contributed by atoms with van der Waals surface area (Å²) in [5.74, 6) is 1.63. The highest BCUT2D eigenvalue weighted by molar-refractivity contribution is 5.29. The number of hydrogen-bond acceptors (Lipinski definition) is 3. The number of hydrogen-bond donors (Lipinski definition) is 1. The van der Waals surface area contributed by atoms with Crippen LogP contribution in [0, 0.1) is 5.92 Å². The van der Waals surface area contributed by atoms with Crippen LogP contribution in [0.15, 0.2) is 24.3 Å². The molecule has 21 heavy (non-hydrogen) atoms. The minimum absolute atomic E-state index is 0.351. The molecular formula is C18H29N3. The van der Waals surface area contributed by atoms with Crippen molar-refractivity contribution >= 4 is 0 Å². The highest BCUT2D eigenvalue weighted by atomic mass is 15.2. The highest BCUT2D eigenvalue weighted by Gasteiger charge is 2.25. The highest BCUT2D eigenvalue weighted by Crippen LogP contribution is 2.40. The molecule has 0 amide bonds. The molecule has 2 fully saturated rings. The molecule has 3 rings (SSSR count). The van der Waals surface area contributed by atoms with Crippen LogP contribution in [-0.4, -0.2) is 50.1 Å². The number of likely N-dealkylation sites (N-methyl/N-ethyl adjacent to an activating group) is 1. The molecule has 2 atom stereocenters. The van der Waals surface area contributed by atoms with Crippen LogP contribution in [-0.2, 0) is 0 Å². The molecule has 3 heteroatoms. The summed E-state index contributed by atoms with van der Waals surface area (Å²) in [6.45, 7) is 4.31. The molecule has 1 saturated heterocycles. The maximum absolute atomic E-state index is 6.07. The van der Waals surface area contributed by atoms with E-state index >= 15 is 0 Å². The van der Waals surface area contributed by atoms with E-state index in [0.717, 1.165) is 18.4 Å². The third kappa shape index (κ3) is 3.65. The van der Waals surface area contributed by atoms with E-state index in [1.165, 1.54) is 43.5 Å². The van der Waals surface area contributed by atoms with Crippen LogP contribution < -0.4 is 5.73 Å². The van der Waals surface area contributed by atoms with Gasteiger partial charge in [-0.05, 0) is 62.9 Å². The van der Waals surface area contributed by atoms with Gasteiger partial charge in [-0.2, -0.15) is 0 Å². The summed E-state index contributed by atoms with van der Waals surface area (Å²) in [4.78, 5) is 4.89. The molecule has 1 aliphatic carbocycles. The zero-order valence-corrected chi connectivity index (χ0v) is 13.5. The van der Waals surface area contributed by atoms with Crippen molar-refractivity contribution in [1.29, 1.82) is 0 Å². The summed E-state index contributed by atoms with van der Waals surface area (Å²) in [6.07, 6.45) is 4.06. The van der Waals surface area contributed by atoms with Crippen LogP contribution in [0.5, 0.6) is 0 Å². The first-order chi connectivity index (χ1) is 10.2. The summed E-state index contributed by atoms with van der Waals surface area (Å²) in [6, 6.07) is 9.56. The van der Waals surface area contributed by atoms with Gasteiger partial charge in [-0.15, -0.1) is 0 Å². The minimum Gasteiger partial charge on any atom is -0.329 e. The Morgan fingerprint density at radius 2 is 1.95 bits per heavy atom. The Morgan fingerprint density at radius 1 is 1.24 bits per heavy atom. The average Bonchev–Trinajstić information content (AvgIpc) is 3.24. The zero-order valence-electron chi connectivity index (χ0n) is 13.5. The van der Waals surface area contributed by atoms with E-state index in [9.17, 15) is 0 Å². The monoisotopic (exact) mass is 287 g/mol. The van der Waals surface area contributed by atoms with Gasteiger partial charge in [0.1, 0.15) is 0 Å². The van der Waals surface area contributed by atoms with Crippen molar-refractivity contribution in [3.8, 4) is 0 Å². The van der Waals surface area contributed by atoms with Crippen molar-refractivity contribution in [3.63, 3.8) is 0 Å². The van der Waals surface area contributed by atoms with Crippen LogP contribution in [0.3, 0.4) is 0 Å². The number of likely N-dealkylation sites (tertiary alicyclic amines) is 1. The third-order valence-electron chi connectivity index (χ3n) is 5.16. The third-order valence-corrected chi connectivity index (χ3v) is 5.16. The molecular weight excluding hydrogens is 258 g/mol. The smallest absolute Gasteiger partial charge is 0.0467 e. The number of nitrogens with zero attached hydrogens (tertiary/aromatic N) is 2. The molecule has 0 spiro atoms. The van der Waals surface area contributed by atoms with E-state index in [1.54, 1.807) is 0 Å². The molecule has 1 aromatic carbocycles. The van der Waals surface area contributed by atoms with Crippen molar-refractivity contribution in [2.75, 3.05) is 40.3 Å². The molecule has 1 heterocycles. The molecule has 2 N–H and O–H groups in total. The van der Waals surface area contributed by atoms with E-state index in [2.05, 4.69) is 48.2 Å². The minimum atomic E-state index is 0.351. The Bertz CT molecular complexity index is 452. The van der Waals surface area contributed by atoms with Gasteiger partial charge in [0, 0.05) is 25.7 Å². The van der Waals surface area contributed by atoms with E-state index in [0.29, 0.717) is 12.6 Å². The lowest BCUT2D eigenvalue weighted by molar-refractivity contribution is 0.211. The van der Waals surface area contributed by atoms with Crippen molar-refractivity contribution in [2.45, 2.75) is 31.2 Å². The summed E-state index contributed by atoms with van der Waals surface area (Å²) in [5.41, 5.74) is 8.95. The molecule has 0 aromatic heterocycles. The van der Waals surface area contributed by atoms with Crippen molar-refractivity contribution in [1.82, 2.24) is 9.80 Å². The molecule has 116 valence electrons. The van der Waals surface area contributed by atoms with Crippen molar-refractivity contribution < 1.29 is 0 Å². The van der Waals surface area contributed by atoms with Gasteiger partial charge >= 0.3 is 0 Å². The zero-order chi connectivity index (χ0) is 14.8. The first-order valence-corrected chi connectivity index (χ1v) is 8.36. The van der Waals surface area contributed by atoms with Crippen LogP contribution in [0.1, 0.15) is 42.3 Å². The number of rotatable bonds is 6. The predicted molar refractivity (Wildman–Crippen MR) is 88.4 cm³/mol. The van der Waals surface area contributed by atoms with Crippen LogP contribution in [0.25, 0.3) is 0 Å². The lowest BCUT2D eigenvalue weighted by atomic mass is 10.0. The van der Waals surface area contributed by atoms with Gasteiger partial charge in [0.15, 0.2) is 0 Å². The number of benzene rings is 1. The van der Waals surface area contributed by atoms with Crippen molar-refractivity contribution in [2.24, 2.45) is 11.7 Å². The molecule has 1 saturated carbocycles. The van der Waals surface area contributed by atoms with E-state index in [-0.39, 0.29) is 0 Å². The SMILES string of the molecule is CN1CCC(CN(C)C(CN)c2ccc(C3CC3)cc2)C1. The van der Waals surface area contributed by atoms with E-state index in [4.69, 9.17) is 5.73 Å². The largest absolute Gasteiger partial charge is 0.329 e. The fourth-order valence-corrected chi connectivity index (χ4v) is 3.69. The second-order valence-corrected chi connectivity index (χ2v) is 7.05. The Labute approximate surface area is 129 Å². The van der Waals surface area contributed by atoms with Crippen LogP contribution >= 0.6 is 0 Å². The molecule has 3 nitrogen and oxygen atoms in total. The molecule has 0 radical (unpaired) electrons. The molecule has 1 aromatic rings. The maximum Gasteiger partial charge on any atom is 0.0467 e. The lowest BCUT2D eigenvalue weighted by Crippen LogP contribution is -2.35. The van der Waals surface area contributed by atoms with Gasteiger partial charge in [0.25, 0.3) is 0 Å². The average molecular weight is 287 g/mol. The lowest BCUT2D eigenvalue weighted by Gasteiger charge is -2.29. The van der Waals surface area contributed by atoms with Gasteiger partial charge in [-0.25, -0.2) is 0 Å². The quantitative estimate of drug-likeness (QED) is 0.872. The van der Waals surface area contributed by atoms with Crippen molar-refractivity contribution in [3.05, 3.63) is 35.4 Å². The fraction of sp³-hybridized carbons (Fsp3) is 0.667. The molecule has 2 unspecified atom stereocenters. The van der Waals surface area contributed by atoms with Gasteiger partial charge < -0.3 is 10.6 Å². The first kappa shape index (κ1) is 15.0. The van der Waals surface area contributed by atoms with E-state index in [1.807, 2.05) is 0 Å². The topological polar surface area (TPSA) is 32.5 Å². The Balaban J connectivity index is 1.62. The standard InChI is InChI=1S/C18H29N3/c1-20-10-9-14(12-20)13-21(2)18(11-19)17-7-5-16(6-8-17)15-3-4-15/h5-8,14-15,18H,3-4,9-13,19H2,1-2H3. The summed E-state index contributed by atoms with van der Waals surface area (Å²) < 4.78 is 0. The molecule has 1 aliphatic heterocycles.